The molecular weight excluding hydrogens is 336 g/mol. The number of carbonyl (C=O) groups excluding carboxylic acids is 1. The highest BCUT2D eigenvalue weighted by Crippen LogP contribution is 2.35. The molecule has 1 aliphatic rings. The fourth-order valence-corrected chi connectivity index (χ4v) is 3.07. The van der Waals surface area contributed by atoms with Gasteiger partial charge in [0.05, 0.1) is 5.56 Å². The number of carboxylic acids is 1. The highest BCUT2D eigenvalue weighted by atomic mass is 16.7. The van der Waals surface area contributed by atoms with Crippen molar-refractivity contribution in [2.75, 3.05) is 6.79 Å². The normalized spacial score (nSPS) is 13.5. The summed E-state index contributed by atoms with van der Waals surface area (Å²) in [5.41, 5.74) is 2.00. The molecule has 1 atom stereocenters. The van der Waals surface area contributed by atoms with Crippen molar-refractivity contribution in [3.05, 3.63) is 59.8 Å². The second kappa shape index (κ2) is 6.44. The van der Waals surface area contributed by atoms with Crippen LogP contribution in [0.15, 0.2) is 48.7 Å². The summed E-state index contributed by atoms with van der Waals surface area (Å²) in [6.07, 6.45) is 1.93. The summed E-state index contributed by atoms with van der Waals surface area (Å²) in [5, 5.41) is 13.1. The quantitative estimate of drug-likeness (QED) is 0.654. The van der Waals surface area contributed by atoms with E-state index in [9.17, 15) is 14.7 Å². The SMILES string of the molecule is O=C(N[C@H](Cc1c[nH]c2ccccc12)C(=O)O)c1cccc2c1OCO2. The standard InChI is InChI=1S/C19H16N2O5/c22-18(13-5-3-7-16-17(13)26-10-25-16)21-15(19(23)24)8-11-9-20-14-6-2-1-4-12(11)14/h1-7,9,15,20H,8,10H2,(H,21,22)(H,23,24)/t15-/m1/s1. The fourth-order valence-electron chi connectivity index (χ4n) is 3.07. The Hall–Kier alpha value is -3.48. The first-order valence-electron chi connectivity index (χ1n) is 8.11. The van der Waals surface area contributed by atoms with Gasteiger partial charge in [-0.1, -0.05) is 24.3 Å². The van der Waals surface area contributed by atoms with Gasteiger partial charge in [-0.2, -0.15) is 0 Å². The molecule has 0 saturated carbocycles. The zero-order valence-electron chi connectivity index (χ0n) is 13.7. The van der Waals surface area contributed by atoms with Crippen LogP contribution in [-0.4, -0.2) is 34.8 Å². The van der Waals surface area contributed by atoms with Gasteiger partial charge in [0.25, 0.3) is 5.91 Å². The molecule has 0 saturated heterocycles. The fraction of sp³-hybridized carbons (Fsp3) is 0.158. The Bertz CT molecular complexity index is 995. The third-order valence-corrected chi connectivity index (χ3v) is 4.34. The molecule has 0 fully saturated rings. The highest BCUT2D eigenvalue weighted by molar-refractivity contribution is 6.00. The van der Waals surface area contributed by atoms with Gasteiger partial charge in [-0.3, -0.25) is 4.79 Å². The van der Waals surface area contributed by atoms with E-state index in [0.29, 0.717) is 11.5 Å². The number of aromatic nitrogens is 1. The zero-order chi connectivity index (χ0) is 18.1. The van der Waals surface area contributed by atoms with Crippen molar-refractivity contribution in [1.82, 2.24) is 10.3 Å². The lowest BCUT2D eigenvalue weighted by Crippen LogP contribution is -2.42. The summed E-state index contributed by atoms with van der Waals surface area (Å²) in [4.78, 5) is 27.4. The van der Waals surface area contributed by atoms with Crippen LogP contribution in [0, 0.1) is 0 Å². The van der Waals surface area contributed by atoms with Crippen molar-refractivity contribution in [2.24, 2.45) is 0 Å². The Labute approximate surface area is 148 Å². The number of aliphatic carboxylic acids is 1. The molecule has 1 aromatic heterocycles. The smallest absolute Gasteiger partial charge is 0.326 e. The molecule has 0 unspecified atom stereocenters. The summed E-state index contributed by atoms with van der Waals surface area (Å²) in [5.74, 6) is -0.810. The number of rotatable bonds is 5. The number of carbonyl (C=O) groups is 2. The first kappa shape index (κ1) is 16.0. The zero-order valence-corrected chi connectivity index (χ0v) is 13.7. The molecule has 3 N–H and O–H groups in total. The van der Waals surface area contributed by atoms with Crippen molar-refractivity contribution in [3.8, 4) is 11.5 Å². The Balaban J connectivity index is 1.57. The van der Waals surface area contributed by atoms with Gasteiger partial charge in [-0.25, -0.2) is 4.79 Å². The van der Waals surface area contributed by atoms with E-state index >= 15 is 0 Å². The van der Waals surface area contributed by atoms with Gasteiger partial charge in [0.2, 0.25) is 6.79 Å². The van der Waals surface area contributed by atoms with Crippen molar-refractivity contribution in [2.45, 2.75) is 12.5 Å². The van der Waals surface area contributed by atoms with Crippen molar-refractivity contribution < 1.29 is 24.2 Å². The molecular formula is C19H16N2O5. The maximum atomic E-state index is 12.6. The average molecular weight is 352 g/mol. The molecule has 26 heavy (non-hydrogen) atoms. The van der Waals surface area contributed by atoms with E-state index in [4.69, 9.17) is 9.47 Å². The minimum Gasteiger partial charge on any atom is -0.480 e. The van der Waals surface area contributed by atoms with E-state index < -0.39 is 17.9 Å². The molecule has 1 aliphatic heterocycles. The first-order chi connectivity index (χ1) is 12.6. The van der Waals surface area contributed by atoms with Gasteiger partial charge < -0.3 is 24.9 Å². The minimum absolute atomic E-state index is 0.0390. The lowest BCUT2D eigenvalue weighted by Gasteiger charge is -2.15. The van der Waals surface area contributed by atoms with Gasteiger partial charge in [-0.15, -0.1) is 0 Å². The summed E-state index contributed by atoms with van der Waals surface area (Å²) >= 11 is 0. The Morgan fingerprint density at radius 2 is 2.00 bits per heavy atom. The van der Waals surface area contributed by atoms with Crippen molar-refractivity contribution >= 4 is 22.8 Å². The molecule has 7 heteroatoms. The van der Waals surface area contributed by atoms with Crippen LogP contribution in [0.3, 0.4) is 0 Å². The molecule has 1 amide bonds. The second-order valence-corrected chi connectivity index (χ2v) is 5.97. The average Bonchev–Trinajstić information content (AvgIpc) is 3.27. The molecule has 2 aromatic carbocycles. The number of aromatic amines is 1. The van der Waals surface area contributed by atoms with E-state index in [1.54, 1.807) is 24.4 Å². The lowest BCUT2D eigenvalue weighted by molar-refractivity contribution is -0.139. The Kier molecular flexibility index (Phi) is 3.96. The summed E-state index contributed by atoms with van der Waals surface area (Å²) < 4.78 is 10.6. The van der Waals surface area contributed by atoms with E-state index in [1.165, 1.54) is 0 Å². The molecule has 0 bridgehead atoms. The van der Waals surface area contributed by atoms with Crippen LogP contribution < -0.4 is 14.8 Å². The lowest BCUT2D eigenvalue weighted by atomic mass is 10.0. The molecule has 7 nitrogen and oxygen atoms in total. The van der Waals surface area contributed by atoms with Crippen LogP contribution in [0.2, 0.25) is 0 Å². The Morgan fingerprint density at radius 1 is 1.15 bits per heavy atom. The monoisotopic (exact) mass is 352 g/mol. The van der Waals surface area contributed by atoms with Gasteiger partial charge in [0.15, 0.2) is 11.5 Å². The number of nitrogens with one attached hydrogen (secondary N) is 2. The predicted octanol–water partition coefficient (Wildman–Crippen LogP) is 2.32. The minimum atomic E-state index is -1.10. The number of carboxylic acid groups (broad SMARTS) is 1. The van der Waals surface area contributed by atoms with Crippen LogP contribution in [-0.2, 0) is 11.2 Å². The second-order valence-electron chi connectivity index (χ2n) is 5.97. The molecule has 2 heterocycles. The first-order valence-corrected chi connectivity index (χ1v) is 8.11. The largest absolute Gasteiger partial charge is 0.480 e. The predicted molar refractivity (Wildman–Crippen MR) is 93.5 cm³/mol. The van der Waals surface area contributed by atoms with E-state index in [2.05, 4.69) is 10.3 Å². The number of fused-ring (bicyclic) bond motifs is 2. The number of benzene rings is 2. The third-order valence-electron chi connectivity index (χ3n) is 4.34. The van der Waals surface area contributed by atoms with E-state index in [1.807, 2.05) is 24.3 Å². The number of para-hydroxylation sites is 2. The van der Waals surface area contributed by atoms with Crippen LogP contribution in [0.5, 0.6) is 11.5 Å². The number of hydrogen-bond acceptors (Lipinski definition) is 4. The number of hydrogen-bond donors (Lipinski definition) is 3. The molecule has 3 aromatic rings. The maximum Gasteiger partial charge on any atom is 0.326 e. The highest BCUT2D eigenvalue weighted by Gasteiger charge is 2.26. The van der Waals surface area contributed by atoms with Gasteiger partial charge in [-0.05, 0) is 23.8 Å². The van der Waals surface area contributed by atoms with Crippen LogP contribution >= 0.6 is 0 Å². The van der Waals surface area contributed by atoms with Gasteiger partial charge >= 0.3 is 5.97 Å². The Morgan fingerprint density at radius 3 is 2.85 bits per heavy atom. The summed E-state index contributed by atoms with van der Waals surface area (Å²) in [7, 11) is 0. The molecule has 0 radical (unpaired) electrons. The van der Waals surface area contributed by atoms with Gasteiger partial charge in [0.1, 0.15) is 6.04 Å². The van der Waals surface area contributed by atoms with Crippen LogP contribution in [0.1, 0.15) is 15.9 Å². The molecule has 0 spiro atoms. The van der Waals surface area contributed by atoms with Crippen LogP contribution in [0.25, 0.3) is 10.9 Å². The maximum absolute atomic E-state index is 12.6. The van der Waals surface area contributed by atoms with Gasteiger partial charge in [0, 0.05) is 23.5 Å². The molecule has 0 aliphatic carbocycles. The van der Waals surface area contributed by atoms with Crippen molar-refractivity contribution in [3.63, 3.8) is 0 Å². The summed E-state index contributed by atoms with van der Waals surface area (Å²) in [6, 6.07) is 11.5. The van der Waals surface area contributed by atoms with E-state index in [0.717, 1.165) is 16.5 Å². The third kappa shape index (κ3) is 2.83. The topological polar surface area (TPSA) is 101 Å². The molecule has 132 valence electrons. The number of ether oxygens (including phenoxy) is 2. The summed E-state index contributed by atoms with van der Waals surface area (Å²) in [6.45, 7) is 0.0390. The molecule has 4 rings (SSSR count). The number of amides is 1. The van der Waals surface area contributed by atoms with Crippen LogP contribution in [0.4, 0.5) is 0 Å². The van der Waals surface area contributed by atoms with Crippen molar-refractivity contribution in [1.29, 1.82) is 0 Å². The number of H-pyrrole nitrogens is 1. The van der Waals surface area contributed by atoms with E-state index in [-0.39, 0.29) is 18.8 Å².